The zero-order valence-electron chi connectivity index (χ0n) is 16.3. The van der Waals surface area contributed by atoms with Crippen molar-refractivity contribution in [2.75, 3.05) is 13.7 Å². The minimum absolute atomic E-state index is 0.206. The lowest BCUT2D eigenvalue weighted by molar-refractivity contribution is -0.137. The Morgan fingerprint density at radius 1 is 1.12 bits per heavy atom. The van der Waals surface area contributed by atoms with E-state index >= 15 is 0 Å². The number of ether oxygens (including phenoxy) is 2. The van der Waals surface area contributed by atoms with E-state index in [1.807, 2.05) is 0 Å². The maximum atomic E-state index is 12.3. The maximum absolute atomic E-state index is 12.3. The van der Waals surface area contributed by atoms with Crippen molar-refractivity contribution in [1.82, 2.24) is 10.4 Å². The van der Waals surface area contributed by atoms with E-state index in [1.54, 1.807) is 58.9 Å². The number of amides is 2. The van der Waals surface area contributed by atoms with E-state index in [4.69, 9.17) is 4.74 Å². The van der Waals surface area contributed by atoms with Gasteiger partial charge in [-0.2, -0.15) is 0 Å². The van der Waals surface area contributed by atoms with E-state index in [2.05, 4.69) is 10.2 Å². The van der Waals surface area contributed by atoms with Crippen LogP contribution in [0.3, 0.4) is 0 Å². The van der Waals surface area contributed by atoms with Gasteiger partial charge in [0.1, 0.15) is 5.60 Å². The van der Waals surface area contributed by atoms with Crippen molar-refractivity contribution in [3.05, 3.63) is 35.4 Å². The van der Waals surface area contributed by atoms with Crippen LogP contribution in [0.25, 0.3) is 0 Å². The number of methoxy groups -OCH3 is 1. The number of hydrogen-bond donors (Lipinski definition) is 1. The first-order valence-corrected chi connectivity index (χ1v) is 8.51. The van der Waals surface area contributed by atoms with Gasteiger partial charge in [-0.25, -0.2) is 15.0 Å². The average Bonchev–Trinajstić information content (AvgIpc) is 2.55. The van der Waals surface area contributed by atoms with Gasteiger partial charge in [-0.3, -0.25) is 9.80 Å². The highest BCUT2D eigenvalue weighted by atomic mass is 16.6. The van der Waals surface area contributed by atoms with Gasteiger partial charge in [0.2, 0.25) is 5.91 Å². The van der Waals surface area contributed by atoms with E-state index in [0.717, 1.165) is 5.56 Å². The molecule has 0 radical (unpaired) electrons. The highest BCUT2D eigenvalue weighted by Crippen LogP contribution is 2.10. The zero-order chi connectivity index (χ0) is 19.9. The summed E-state index contributed by atoms with van der Waals surface area (Å²) in [6.07, 6.45) is -0.164. The van der Waals surface area contributed by atoms with Crippen molar-refractivity contribution in [2.24, 2.45) is 5.92 Å². The second-order valence-corrected chi connectivity index (χ2v) is 7.20. The van der Waals surface area contributed by atoms with Crippen LogP contribution in [0.4, 0.5) is 4.79 Å². The summed E-state index contributed by atoms with van der Waals surface area (Å²) >= 11 is 0. The molecule has 2 amide bonds. The van der Waals surface area contributed by atoms with Crippen molar-refractivity contribution in [2.45, 2.75) is 46.6 Å². The standard InChI is InChI=1S/C19H28N2O5/c1-13(2)16(22)21(20-18(24)26-19(3,4)5)12-11-14-7-9-15(10-8-14)17(23)25-6/h7-10,13H,11-12H2,1-6H3,(H,20,24). The molecule has 1 rings (SSSR count). The van der Waals surface area contributed by atoms with Gasteiger partial charge in [0.25, 0.3) is 0 Å². The number of hydrazine groups is 1. The number of nitrogens with zero attached hydrogens (tertiary/aromatic N) is 1. The first kappa shape index (κ1) is 21.5. The lowest BCUT2D eigenvalue weighted by Crippen LogP contribution is -2.50. The van der Waals surface area contributed by atoms with E-state index in [0.29, 0.717) is 12.0 Å². The quantitative estimate of drug-likeness (QED) is 0.641. The molecule has 0 aliphatic carbocycles. The smallest absolute Gasteiger partial charge is 0.426 e. The van der Waals surface area contributed by atoms with E-state index in [9.17, 15) is 14.4 Å². The molecule has 7 heteroatoms. The Kier molecular flexibility index (Phi) is 7.61. The van der Waals surface area contributed by atoms with Crippen molar-refractivity contribution in [1.29, 1.82) is 0 Å². The first-order valence-electron chi connectivity index (χ1n) is 8.51. The summed E-state index contributed by atoms with van der Waals surface area (Å²) in [6.45, 7) is 9.07. The van der Waals surface area contributed by atoms with Gasteiger partial charge >= 0.3 is 12.1 Å². The third-order valence-electron chi connectivity index (χ3n) is 3.38. The number of rotatable bonds is 5. The van der Waals surface area contributed by atoms with Crippen LogP contribution in [0.2, 0.25) is 0 Å². The summed E-state index contributed by atoms with van der Waals surface area (Å²) in [5, 5.41) is 1.27. The average molecular weight is 364 g/mol. The summed E-state index contributed by atoms with van der Waals surface area (Å²) < 4.78 is 9.87. The molecule has 1 aromatic rings. The van der Waals surface area contributed by atoms with Crippen LogP contribution in [0.1, 0.15) is 50.5 Å². The summed E-state index contributed by atoms with van der Waals surface area (Å²) in [5.41, 5.74) is 3.24. The number of hydrogen-bond acceptors (Lipinski definition) is 5. The third kappa shape index (κ3) is 7.13. The Bertz CT molecular complexity index is 632. The van der Waals surface area contributed by atoms with Crippen molar-refractivity contribution in [3.63, 3.8) is 0 Å². The largest absolute Gasteiger partial charge is 0.465 e. The normalized spacial score (nSPS) is 11.0. The summed E-state index contributed by atoms with van der Waals surface area (Å²) in [5.74, 6) is -0.881. The molecule has 0 fully saturated rings. The predicted molar refractivity (Wildman–Crippen MR) is 97.4 cm³/mol. The van der Waals surface area contributed by atoms with Gasteiger partial charge in [0.15, 0.2) is 0 Å². The number of nitrogens with one attached hydrogen (secondary N) is 1. The second-order valence-electron chi connectivity index (χ2n) is 7.20. The van der Waals surface area contributed by atoms with Crippen LogP contribution < -0.4 is 5.43 Å². The van der Waals surface area contributed by atoms with Gasteiger partial charge in [-0.15, -0.1) is 0 Å². The summed E-state index contributed by atoms with van der Waals surface area (Å²) in [6, 6.07) is 6.91. The fourth-order valence-electron chi connectivity index (χ4n) is 2.11. The number of carbonyl (C=O) groups excluding carboxylic acids is 3. The van der Waals surface area contributed by atoms with E-state index in [-0.39, 0.29) is 18.4 Å². The second kappa shape index (κ2) is 9.22. The minimum atomic E-state index is -0.674. The van der Waals surface area contributed by atoms with Crippen LogP contribution >= 0.6 is 0 Å². The van der Waals surface area contributed by atoms with E-state index in [1.165, 1.54) is 12.1 Å². The molecule has 0 aliphatic heterocycles. The molecule has 0 aliphatic rings. The molecule has 0 heterocycles. The molecule has 26 heavy (non-hydrogen) atoms. The van der Waals surface area contributed by atoms with Gasteiger partial charge in [0, 0.05) is 12.5 Å². The Labute approximate surface area is 154 Å². The highest BCUT2D eigenvalue weighted by molar-refractivity contribution is 5.89. The Balaban J connectivity index is 2.75. The van der Waals surface area contributed by atoms with Gasteiger partial charge in [0.05, 0.1) is 12.7 Å². The highest BCUT2D eigenvalue weighted by Gasteiger charge is 2.23. The minimum Gasteiger partial charge on any atom is -0.465 e. The topological polar surface area (TPSA) is 84.9 Å². The third-order valence-corrected chi connectivity index (χ3v) is 3.38. The van der Waals surface area contributed by atoms with Crippen molar-refractivity contribution >= 4 is 18.0 Å². The molecule has 0 saturated heterocycles. The van der Waals surface area contributed by atoms with Gasteiger partial charge in [-0.1, -0.05) is 26.0 Å². The van der Waals surface area contributed by atoms with E-state index < -0.39 is 17.7 Å². The van der Waals surface area contributed by atoms with Crippen LogP contribution in [0, 0.1) is 5.92 Å². The Morgan fingerprint density at radius 2 is 1.69 bits per heavy atom. The molecule has 0 aromatic heterocycles. The number of carbonyl (C=O) groups is 3. The molecule has 144 valence electrons. The molecule has 7 nitrogen and oxygen atoms in total. The molecule has 1 aromatic carbocycles. The summed E-state index contributed by atoms with van der Waals surface area (Å²) in [7, 11) is 1.33. The molecule has 0 spiro atoms. The molecule has 0 saturated carbocycles. The molecule has 1 N–H and O–H groups in total. The maximum Gasteiger partial charge on any atom is 0.426 e. The monoisotopic (exact) mass is 364 g/mol. The Morgan fingerprint density at radius 3 is 2.15 bits per heavy atom. The predicted octanol–water partition coefficient (Wildman–Crippen LogP) is 2.94. The van der Waals surface area contributed by atoms with Crippen molar-refractivity contribution < 1.29 is 23.9 Å². The molecule has 0 atom stereocenters. The fourth-order valence-corrected chi connectivity index (χ4v) is 2.11. The van der Waals surface area contributed by atoms with Crippen LogP contribution in [-0.4, -0.2) is 42.2 Å². The van der Waals surface area contributed by atoms with Crippen molar-refractivity contribution in [3.8, 4) is 0 Å². The molecular weight excluding hydrogens is 336 g/mol. The zero-order valence-corrected chi connectivity index (χ0v) is 16.3. The van der Waals surface area contributed by atoms with Gasteiger partial charge < -0.3 is 9.47 Å². The van der Waals surface area contributed by atoms with Crippen LogP contribution in [0.5, 0.6) is 0 Å². The van der Waals surface area contributed by atoms with Crippen LogP contribution in [0.15, 0.2) is 24.3 Å². The molecule has 0 unspecified atom stereocenters. The summed E-state index contributed by atoms with van der Waals surface area (Å²) in [4.78, 5) is 35.8. The first-order chi connectivity index (χ1) is 12.0. The Hall–Kier alpha value is -2.57. The lowest BCUT2D eigenvalue weighted by Gasteiger charge is -2.27. The molecule has 0 bridgehead atoms. The fraction of sp³-hybridized carbons (Fsp3) is 0.526. The van der Waals surface area contributed by atoms with Gasteiger partial charge in [-0.05, 0) is 44.9 Å². The number of benzene rings is 1. The van der Waals surface area contributed by atoms with Crippen LogP contribution in [-0.2, 0) is 20.7 Å². The number of esters is 1. The SMILES string of the molecule is COC(=O)c1ccc(CCN(NC(=O)OC(C)(C)C)C(=O)C(C)C)cc1. The lowest BCUT2D eigenvalue weighted by atomic mass is 10.1. The molecular formula is C19H28N2O5.